The molecule has 0 atom stereocenters. The Labute approximate surface area is 90.7 Å². The van der Waals surface area contributed by atoms with E-state index >= 15 is 0 Å². The second-order valence-corrected chi connectivity index (χ2v) is 2.85. The van der Waals surface area contributed by atoms with Crippen LogP contribution < -0.4 is 5.73 Å². The highest BCUT2D eigenvalue weighted by Gasteiger charge is 2.37. The fourth-order valence-electron chi connectivity index (χ4n) is 1.23. The minimum absolute atomic E-state index is 0. The minimum Gasteiger partial charge on any atom is -0.396 e. The Morgan fingerprint density at radius 2 is 1.80 bits per heavy atom. The smallest absolute Gasteiger partial charge is 0.396 e. The predicted molar refractivity (Wildman–Crippen MR) is 52.4 cm³/mol. The standard InChI is InChI=1S/C9H9F4N.ClH/c1-2-5-3-4-6(14)8(10)7(5)9(11,12)13;/h3-4H,2,14H2,1H3;1H. The zero-order valence-corrected chi connectivity index (χ0v) is 8.68. The van der Waals surface area contributed by atoms with Crippen LogP contribution in [0.2, 0.25) is 0 Å². The summed E-state index contributed by atoms with van der Waals surface area (Å²) < 4.78 is 50.2. The lowest BCUT2D eigenvalue weighted by atomic mass is 10.0. The van der Waals surface area contributed by atoms with Crippen LogP contribution in [0.15, 0.2) is 12.1 Å². The van der Waals surface area contributed by atoms with E-state index in [9.17, 15) is 17.6 Å². The summed E-state index contributed by atoms with van der Waals surface area (Å²) in [7, 11) is 0. The predicted octanol–water partition coefficient (Wildman–Crippen LogP) is 3.41. The molecular weight excluding hydrogens is 234 g/mol. The molecule has 0 aromatic heterocycles. The van der Waals surface area contributed by atoms with Crippen molar-refractivity contribution in [3.05, 3.63) is 29.1 Å². The molecule has 0 amide bonds. The highest BCUT2D eigenvalue weighted by atomic mass is 35.5. The van der Waals surface area contributed by atoms with Gasteiger partial charge in [-0.15, -0.1) is 12.4 Å². The van der Waals surface area contributed by atoms with E-state index in [1.165, 1.54) is 13.0 Å². The van der Waals surface area contributed by atoms with Gasteiger partial charge < -0.3 is 5.73 Å². The first-order valence-corrected chi connectivity index (χ1v) is 4.02. The lowest BCUT2D eigenvalue weighted by molar-refractivity contribution is -0.140. The third-order valence-electron chi connectivity index (χ3n) is 1.92. The van der Waals surface area contributed by atoms with Crippen molar-refractivity contribution >= 4 is 18.1 Å². The molecule has 0 aliphatic carbocycles. The maximum absolute atomic E-state index is 13.1. The van der Waals surface area contributed by atoms with E-state index in [4.69, 9.17) is 5.73 Å². The number of hydrogen-bond donors (Lipinski definition) is 1. The van der Waals surface area contributed by atoms with E-state index in [1.807, 2.05) is 0 Å². The zero-order chi connectivity index (χ0) is 10.9. The van der Waals surface area contributed by atoms with Crippen LogP contribution in [0.1, 0.15) is 18.1 Å². The number of nitrogens with two attached hydrogens (primary N) is 1. The maximum atomic E-state index is 13.1. The summed E-state index contributed by atoms with van der Waals surface area (Å²) in [5.41, 5.74) is 3.26. The molecule has 1 aromatic rings. The van der Waals surface area contributed by atoms with Gasteiger partial charge in [0.15, 0.2) is 5.82 Å². The number of anilines is 1. The molecule has 1 rings (SSSR count). The third kappa shape index (κ3) is 2.75. The Kier molecular flexibility index (Phi) is 4.40. The summed E-state index contributed by atoms with van der Waals surface area (Å²) in [6, 6.07) is 2.34. The van der Waals surface area contributed by atoms with Gasteiger partial charge in [-0.05, 0) is 18.1 Å². The molecular formula is C9H10ClF4N. The summed E-state index contributed by atoms with van der Waals surface area (Å²) in [6.07, 6.45) is -4.57. The van der Waals surface area contributed by atoms with Gasteiger partial charge in [0.2, 0.25) is 0 Å². The molecule has 6 heteroatoms. The van der Waals surface area contributed by atoms with Crippen LogP contribution in [-0.2, 0) is 12.6 Å². The molecule has 0 fully saturated rings. The largest absolute Gasteiger partial charge is 0.419 e. The number of alkyl halides is 3. The van der Waals surface area contributed by atoms with Crippen molar-refractivity contribution < 1.29 is 17.6 Å². The number of aryl methyl sites for hydroxylation is 1. The van der Waals surface area contributed by atoms with Gasteiger partial charge >= 0.3 is 6.18 Å². The van der Waals surface area contributed by atoms with Crippen LogP contribution in [0.5, 0.6) is 0 Å². The van der Waals surface area contributed by atoms with Crippen molar-refractivity contribution in [1.29, 1.82) is 0 Å². The number of nitrogen functional groups attached to an aromatic ring is 1. The summed E-state index contributed by atoms with van der Waals surface area (Å²) >= 11 is 0. The number of hydrogen-bond acceptors (Lipinski definition) is 1. The van der Waals surface area contributed by atoms with Crippen molar-refractivity contribution in [3.8, 4) is 0 Å². The van der Waals surface area contributed by atoms with E-state index in [0.717, 1.165) is 6.07 Å². The maximum Gasteiger partial charge on any atom is 0.419 e. The number of benzene rings is 1. The summed E-state index contributed by atoms with van der Waals surface area (Å²) in [5, 5.41) is 0. The normalized spacial score (nSPS) is 11.0. The first kappa shape index (κ1) is 14.0. The van der Waals surface area contributed by atoms with Gasteiger partial charge in [-0.1, -0.05) is 13.0 Å². The van der Waals surface area contributed by atoms with Crippen molar-refractivity contribution in [3.63, 3.8) is 0 Å². The molecule has 86 valence electrons. The molecule has 0 heterocycles. The molecule has 0 saturated heterocycles. The van der Waals surface area contributed by atoms with E-state index in [-0.39, 0.29) is 24.4 Å². The van der Waals surface area contributed by atoms with Gasteiger partial charge in [-0.3, -0.25) is 0 Å². The van der Waals surface area contributed by atoms with Crippen LogP contribution in [0, 0.1) is 5.82 Å². The lowest BCUT2D eigenvalue weighted by Crippen LogP contribution is -2.13. The van der Waals surface area contributed by atoms with Crippen molar-refractivity contribution in [2.45, 2.75) is 19.5 Å². The lowest BCUT2D eigenvalue weighted by Gasteiger charge is -2.13. The van der Waals surface area contributed by atoms with Crippen molar-refractivity contribution in [1.82, 2.24) is 0 Å². The molecule has 1 aromatic carbocycles. The number of rotatable bonds is 1. The van der Waals surface area contributed by atoms with Crippen LogP contribution in [0.25, 0.3) is 0 Å². The molecule has 0 bridgehead atoms. The monoisotopic (exact) mass is 243 g/mol. The van der Waals surface area contributed by atoms with Crippen molar-refractivity contribution in [2.24, 2.45) is 0 Å². The fourth-order valence-corrected chi connectivity index (χ4v) is 1.23. The molecule has 0 radical (unpaired) electrons. The second-order valence-electron chi connectivity index (χ2n) is 2.85. The van der Waals surface area contributed by atoms with Crippen LogP contribution in [0.4, 0.5) is 23.2 Å². The molecule has 0 aliphatic rings. The molecule has 0 unspecified atom stereocenters. The topological polar surface area (TPSA) is 26.0 Å². The van der Waals surface area contributed by atoms with Crippen molar-refractivity contribution in [2.75, 3.05) is 5.73 Å². The van der Waals surface area contributed by atoms with Crippen LogP contribution in [-0.4, -0.2) is 0 Å². The molecule has 1 nitrogen and oxygen atoms in total. The Balaban J connectivity index is 0.00000196. The fraction of sp³-hybridized carbons (Fsp3) is 0.333. The Bertz CT molecular complexity index is 349. The van der Waals surface area contributed by atoms with Gasteiger partial charge in [0.25, 0.3) is 0 Å². The molecule has 0 spiro atoms. The van der Waals surface area contributed by atoms with E-state index in [1.54, 1.807) is 0 Å². The minimum atomic E-state index is -4.69. The van der Waals surface area contributed by atoms with Gasteiger partial charge in [-0.25, -0.2) is 4.39 Å². The van der Waals surface area contributed by atoms with E-state index < -0.39 is 23.2 Å². The first-order valence-electron chi connectivity index (χ1n) is 4.02. The zero-order valence-electron chi connectivity index (χ0n) is 7.86. The highest BCUT2D eigenvalue weighted by Crippen LogP contribution is 2.36. The van der Waals surface area contributed by atoms with E-state index in [2.05, 4.69) is 0 Å². The Morgan fingerprint density at radius 3 is 2.20 bits per heavy atom. The molecule has 0 aliphatic heterocycles. The van der Waals surface area contributed by atoms with Gasteiger partial charge in [0, 0.05) is 0 Å². The molecule has 0 saturated carbocycles. The van der Waals surface area contributed by atoms with Crippen LogP contribution >= 0.6 is 12.4 Å². The first-order chi connectivity index (χ1) is 6.38. The average Bonchev–Trinajstić information content (AvgIpc) is 2.07. The average molecular weight is 244 g/mol. The second kappa shape index (κ2) is 4.70. The van der Waals surface area contributed by atoms with E-state index in [0.29, 0.717) is 0 Å². The molecule has 15 heavy (non-hydrogen) atoms. The quantitative estimate of drug-likeness (QED) is 0.594. The molecule has 2 N–H and O–H groups in total. The van der Waals surface area contributed by atoms with Crippen LogP contribution in [0.3, 0.4) is 0 Å². The SMILES string of the molecule is CCc1ccc(N)c(F)c1C(F)(F)F.Cl. The summed E-state index contributed by atoms with van der Waals surface area (Å²) in [5.74, 6) is -1.38. The Morgan fingerprint density at radius 1 is 1.27 bits per heavy atom. The number of halogens is 5. The third-order valence-corrected chi connectivity index (χ3v) is 1.92. The van der Waals surface area contributed by atoms with Gasteiger partial charge in [0.05, 0.1) is 11.3 Å². The highest BCUT2D eigenvalue weighted by molar-refractivity contribution is 5.85. The summed E-state index contributed by atoms with van der Waals surface area (Å²) in [4.78, 5) is 0. The Hall–Kier alpha value is -0.970. The summed E-state index contributed by atoms with van der Waals surface area (Å²) in [6.45, 7) is 1.53. The van der Waals surface area contributed by atoms with Gasteiger partial charge in [0.1, 0.15) is 0 Å². The van der Waals surface area contributed by atoms with Gasteiger partial charge in [-0.2, -0.15) is 13.2 Å².